The van der Waals surface area contributed by atoms with Gasteiger partial charge in [0.05, 0.1) is 0 Å². The normalized spacial score (nSPS) is 29.6. The molecule has 2 saturated heterocycles. The van der Waals surface area contributed by atoms with E-state index in [0.29, 0.717) is 18.5 Å². The van der Waals surface area contributed by atoms with E-state index in [1.54, 1.807) is 0 Å². The van der Waals surface area contributed by atoms with Crippen molar-refractivity contribution in [1.29, 1.82) is 0 Å². The second-order valence-corrected chi connectivity index (χ2v) is 4.45. The van der Waals surface area contributed by atoms with Crippen LogP contribution < -0.4 is 10.6 Å². The lowest BCUT2D eigenvalue weighted by molar-refractivity contribution is -0.121. The molecule has 0 saturated carbocycles. The third-order valence-corrected chi connectivity index (χ3v) is 3.18. The van der Waals surface area contributed by atoms with E-state index < -0.39 is 0 Å². The molecule has 0 aromatic rings. The predicted octanol–water partition coefficient (Wildman–Crippen LogP) is 0.424. The van der Waals surface area contributed by atoms with Crippen molar-refractivity contribution in [3.05, 3.63) is 0 Å². The van der Waals surface area contributed by atoms with Gasteiger partial charge >= 0.3 is 0 Å². The molecule has 0 radical (unpaired) electrons. The highest BCUT2D eigenvalue weighted by Gasteiger charge is 2.21. The molecule has 86 valence electrons. The summed E-state index contributed by atoms with van der Waals surface area (Å²) in [4.78, 5) is 11.4. The zero-order valence-electron chi connectivity index (χ0n) is 9.13. The first-order chi connectivity index (χ1) is 7.34. The fraction of sp³-hybridized carbons (Fsp3) is 0.909. The summed E-state index contributed by atoms with van der Waals surface area (Å²) < 4.78 is 5.32. The van der Waals surface area contributed by atoms with E-state index in [4.69, 9.17) is 4.74 Å². The molecule has 1 amide bonds. The summed E-state index contributed by atoms with van der Waals surface area (Å²) in [7, 11) is 0. The Bertz CT molecular complexity index is 215. The Morgan fingerprint density at radius 3 is 2.80 bits per heavy atom. The Morgan fingerprint density at radius 1 is 1.20 bits per heavy atom. The van der Waals surface area contributed by atoms with E-state index in [1.807, 2.05) is 0 Å². The summed E-state index contributed by atoms with van der Waals surface area (Å²) in [5.74, 6) is 0.192. The van der Waals surface area contributed by atoms with Crippen molar-refractivity contribution in [1.82, 2.24) is 10.6 Å². The van der Waals surface area contributed by atoms with Crippen molar-refractivity contribution in [2.45, 2.75) is 44.2 Å². The third kappa shape index (κ3) is 3.47. The standard InChI is InChI=1S/C11H20N2O2/c14-11-8-10(2-1-5-12-11)13-9-3-6-15-7-4-9/h9-10,13H,1-8H2,(H,12,14). The summed E-state index contributed by atoms with van der Waals surface area (Å²) in [6.45, 7) is 2.55. The first-order valence-corrected chi connectivity index (χ1v) is 5.95. The molecule has 2 aliphatic rings. The number of rotatable bonds is 2. The Morgan fingerprint density at radius 2 is 2.00 bits per heavy atom. The molecule has 4 nitrogen and oxygen atoms in total. The van der Waals surface area contributed by atoms with Gasteiger partial charge in [0.25, 0.3) is 0 Å². The third-order valence-electron chi connectivity index (χ3n) is 3.18. The average molecular weight is 212 g/mol. The van der Waals surface area contributed by atoms with Gasteiger partial charge in [0.1, 0.15) is 0 Å². The summed E-state index contributed by atoms with van der Waals surface area (Å²) in [6.07, 6.45) is 5.00. The molecule has 1 unspecified atom stereocenters. The lowest BCUT2D eigenvalue weighted by atomic mass is 10.0. The number of ether oxygens (including phenoxy) is 1. The highest BCUT2D eigenvalue weighted by Crippen LogP contribution is 2.12. The largest absolute Gasteiger partial charge is 0.381 e. The summed E-state index contributed by atoms with van der Waals surface area (Å²) in [5, 5.41) is 6.50. The Labute approximate surface area is 90.8 Å². The van der Waals surface area contributed by atoms with Crippen molar-refractivity contribution in [2.75, 3.05) is 19.8 Å². The van der Waals surface area contributed by atoms with Gasteiger partial charge in [-0.1, -0.05) is 0 Å². The molecule has 0 bridgehead atoms. The van der Waals surface area contributed by atoms with Crippen molar-refractivity contribution in [3.8, 4) is 0 Å². The Hall–Kier alpha value is -0.610. The van der Waals surface area contributed by atoms with Crippen molar-refractivity contribution < 1.29 is 9.53 Å². The molecule has 1 atom stereocenters. The van der Waals surface area contributed by atoms with Crippen LogP contribution in [0.5, 0.6) is 0 Å². The summed E-state index contributed by atoms with van der Waals surface area (Å²) in [6, 6.07) is 0.922. The SMILES string of the molecule is O=C1CC(NC2CCOCC2)CCCN1. The second-order valence-electron chi connectivity index (χ2n) is 4.45. The molecule has 0 aromatic heterocycles. The van der Waals surface area contributed by atoms with Crippen molar-refractivity contribution >= 4 is 5.91 Å². The molecule has 0 aromatic carbocycles. The van der Waals surface area contributed by atoms with Gasteiger partial charge in [0.2, 0.25) is 5.91 Å². The number of nitrogens with one attached hydrogen (secondary N) is 2. The first-order valence-electron chi connectivity index (χ1n) is 5.95. The minimum atomic E-state index is 0.192. The molecule has 4 heteroatoms. The number of hydrogen-bond acceptors (Lipinski definition) is 3. The molecule has 2 heterocycles. The van der Waals surface area contributed by atoms with E-state index in [-0.39, 0.29) is 5.91 Å². The topological polar surface area (TPSA) is 50.4 Å². The smallest absolute Gasteiger partial charge is 0.221 e. The molecule has 2 N–H and O–H groups in total. The van der Waals surface area contributed by atoms with Crippen LogP contribution in [0.4, 0.5) is 0 Å². The highest BCUT2D eigenvalue weighted by molar-refractivity contribution is 5.76. The van der Waals surface area contributed by atoms with Crippen LogP contribution in [0, 0.1) is 0 Å². The van der Waals surface area contributed by atoms with Crippen LogP contribution in [0.1, 0.15) is 32.1 Å². The van der Waals surface area contributed by atoms with Gasteiger partial charge in [0, 0.05) is 38.3 Å². The van der Waals surface area contributed by atoms with Crippen LogP contribution in [0.3, 0.4) is 0 Å². The predicted molar refractivity (Wildman–Crippen MR) is 57.6 cm³/mol. The van der Waals surface area contributed by atoms with E-state index in [2.05, 4.69) is 10.6 Å². The lowest BCUT2D eigenvalue weighted by Crippen LogP contribution is -2.42. The maximum Gasteiger partial charge on any atom is 0.221 e. The van der Waals surface area contributed by atoms with Crippen LogP contribution in [-0.2, 0) is 9.53 Å². The number of carbonyl (C=O) groups is 1. The maximum absolute atomic E-state index is 11.4. The average Bonchev–Trinajstić information content (AvgIpc) is 2.44. The van der Waals surface area contributed by atoms with E-state index >= 15 is 0 Å². The number of carbonyl (C=O) groups excluding carboxylic acids is 1. The lowest BCUT2D eigenvalue weighted by Gasteiger charge is -2.27. The fourth-order valence-electron chi connectivity index (χ4n) is 2.31. The second kappa shape index (κ2) is 5.47. The fourth-order valence-corrected chi connectivity index (χ4v) is 2.31. The van der Waals surface area contributed by atoms with Crippen LogP contribution in [-0.4, -0.2) is 37.7 Å². The molecule has 2 rings (SSSR count). The highest BCUT2D eigenvalue weighted by atomic mass is 16.5. The first kappa shape index (κ1) is 10.9. The summed E-state index contributed by atoms with van der Waals surface area (Å²) >= 11 is 0. The Balaban J connectivity index is 1.78. The van der Waals surface area contributed by atoms with E-state index in [1.165, 1.54) is 0 Å². The summed E-state index contributed by atoms with van der Waals surface area (Å²) in [5.41, 5.74) is 0. The van der Waals surface area contributed by atoms with Gasteiger partial charge < -0.3 is 15.4 Å². The monoisotopic (exact) mass is 212 g/mol. The molecule has 2 fully saturated rings. The van der Waals surface area contributed by atoms with Crippen molar-refractivity contribution in [3.63, 3.8) is 0 Å². The van der Waals surface area contributed by atoms with Crippen molar-refractivity contribution in [2.24, 2.45) is 0 Å². The molecule has 15 heavy (non-hydrogen) atoms. The molecule has 0 aliphatic carbocycles. The van der Waals surface area contributed by atoms with Gasteiger partial charge in [-0.15, -0.1) is 0 Å². The Kier molecular flexibility index (Phi) is 3.97. The van der Waals surface area contributed by atoms with Gasteiger partial charge in [0.15, 0.2) is 0 Å². The quantitative estimate of drug-likeness (QED) is 0.697. The van der Waals surface area contributed by atoms with Gasteiger partial charge in [-0.05, 0) is 25.7 Å². The maximum atomic E-state index is 11.4. The van der Waals surface area contributed by atoms with E-state index in [0.717, 1.165) is 45.4 Å². The van der Waals surface area contributed by atoms with Crippen LogP contribution in [0.25, 0.3) is 0 Å². The molecule has 2 aliphatic heterocycles. The number of amides is 1. The van der Waals surface area contributed by atoms with Gasteiger partial charge in [-0.3, -0.25) is 4.79 Å². The van der Waals surface area contributed by atoms with Gasteiger partial charge in [-0.2, -0.15) is 0 Å². The molecular formula is C11H20N2O2. The van der Waals surface area contributed by atoms with Gasteiger partial charge in [-0.25, -0.2) is 0 Å². The minimum Gasteiger partial charge on any atom is -0.381 e. The van der Waals surface area contributed by atoms with Crippen LogP contribution >= 0.6 is 0 Å². The molecule has 0 spiro atoms. The van der Waals surface area contributed by atoms with Crippen LogP contribution in [0.15, 0.2) is 0 Å². The zero-order valence-corrected chi connectivity index (χ0v) is 9.13. The minimum absolute atomic E-state index is 0.192. The zero-order chi connectivity index (χ0) is 10.5. The molecular weight excluding hydrogens is 192 g/mol. The number of hydrogen-bond donors (Lipinski definition) is 2. The van der Waals surface area contributed by atoms with Crippen LogP contribution in [0.2, 0.25) is 0 Å². The van der Waals surface area contributed by atoms with E-state index in [9.17, 15) is 4.79 Å².